The number of aryl methyl sites for hydroxylation is 1. The minimum atomic E-state index is -4.23. The van der Waals surface area contributed by atoms with Crippen LogP contribution in [-0.2, 0) is 26.2 Å². The zero-order chi connectivity index (χ0) is 30.7. The Balaban J connectivity index is 2.08. The fourth-order valence-electron chi connectivity index (χ4n) is 4.50. The van der Waals surface area contributed by atoms with Crippen molar-refractivity contribution in [1.29, 1.82) is 0 Å². The van der Waals surface area contributed by atoms with Gasteiger partial charge < -0.3 is 15.0 Å². The van der Waals surface area contributed by atoms with Gasteiger partial charge in [0.15, 0.2) is 0 Å². The van der Waals surface area contributed by atoms with Crippen LogP contribution < -0.4 is 14.4 Å². The molecule has 10 heteroatoms. The zero-order valence-electron chi connectivity index (χ0n) is 24.7. The molecule has 3 rings (SSSR count). The van der Waals surface area contributed by atoms with Gasteiger partial charge >= 0.3 is 0 Å². The summed E-state index contributed by atoms with van der Waals surface area (Å²) in [5, 5.41) is 2.89. The summed E-state index contributed by atoms with van der Waals surface area (Å²) in [4.78, 5) is 28.8. The van der Waals surface area contributed by atoms with Crippen LogP contribution in [0.3, 0.4) is 0 Å². The maximum atomic E-state index is 14.2. The first kappa shape index (κ1) is 32.6. The highest BCUT2D eigenvalue weighted by atomic mass is 32.2. The van der Waals surface area contributed by atoms with Crippen LogP contribution in [0.4, 0.5) is 10.1 Å². The fourth-order valence-corrected chi connectivity index (χ4v) is 5.93. The Bertz CT molecular complexity index is 1430. The van der Waals surface area contributed by atoms with Crippen molar-refractivity contribution in [3.05, 3.63) is 89.7 Å². The second kappa shape index (κ2) is 15.3. The maximum absolute atomic E-state index is 14.2. The fraction of sp³-hybridized carbons (Fsp3) is 0.375. The van der Waals surface area contributed by atoms with Crippen molar-refractivity contribution in [3.8, 4) is 5.75 Å². The van der Waals surface area contributed by atoms with E-state index in [2.05, 4.69) is 5.32 Å². The van der Waals surface area contributed by atoms with Crippen molar-refractivity contribution in [2.45, 2.75) is 64.4 Å². The number of amides is 2. The summed E-state index contributed by atoms with van der Waals surface area (Å²) in [5.74, 6) is -1.04. The Morgan fingerprint density at radius 3 is 2.24 bits per heavy atom. The topological polar surface area (TPSA) is 96.0 Å². The van der Waals surface area contributed by atoms with E-state index in [1.165, 1.54) is 29.2 Å². The van der Waals surface area contributed by atoms with E-state index in [-0.39, 0.29) is 29.6 Å². The minimum absolute atomic E-state index is 0.00958. The van der Waals surface area contributed by atoms with Crippen LogP contribution in [0.1, 0.15) is 51.2 Å². The van der Waals surface area contributed by atoms with E-state index in [0.29, 0.717) is 24.3 Å². The molecule has 8 nitrogen and oxygen atoms in total. The molecule has 0 heterocycles. The Labute approximate surface area is 248 Å². The van der Waals surface area contributed by atoms with Gasteiger partial charge in [-0.2, -0.15) is 0 Å². The molecule has 0 saturated heterocycles. The van der Waals surface area contributed by atoms with Crippen LogP contribution in [0, 0.1) is 12.7 Å². The molecule has 0 spiro atoms. The van der Waals surface area contributed by atoms with Gasteiger partial charge in [-0.25, -0.2) is 12.8 Å². The maximum Gasteiger partial charge on any atom is 0.264 e. The van der Waals surface area contributed by atoms with E-state index in [1.807, 2.05) is 13.8 Å². The summed E-state index contributed by atoms with van der Waals surface area (Å²) in [6, 6.07) is 17.8. The number of hydrogen-bond acceptors (Lipinski definition) is 5. The molecular weight excluding hydrogens is 557 g/mol. The van der Waals surface area contributed by atoms with Gasteiger partial charge in [0.25, 0.3) is 10.0 Å². The molecule has 0 radical (unpaired) electrons. The Morgan fingerprint density at radius 2 is 1.62 bits per heavy atom. The van der Waals surface area contributed by atoms with Gasteiger partial charge in [0.1, 0.15) is 24.2 Å². The SMILES string of the molecule is CCCCNC(=O)[C@@H](CC)N(Cc1ccc(F)cc1)C(=O)CN(c1ccccc1OCC)S(=O)(=O)c1ccc(C)cc1. The van der Waals surface area contributed by atoms with Crippen molar-refractivity contribution in [2.24, 2.45) is 0 Å². The monoisotopic (exact) mass is 597 g/mol. The number of nitrogens with zero attached hydrogens (tertiary/aromatic N) is 2. The van der Waals surface area contributed by atoms with Crippen LogP contribution in [-0.4, -0.2) is 50.9 Å². The van der Waals surface area contributed by atoms with Crippen molar-refractivity contribution >= 4 is 27.5 Å². The van der Waals surface area contributed by atoms with Crippen LogP contribution in [0.5, 0.6) is 5.75 Å². The highest BCUT2D eigenvalue weighted by molar-refractivity contribution is 7.92. The quantitative estimate of drug-likeness (QED) is 0.235. The van der Waals surface area contributed by atoms with Gasteiger partial charge in [0.2, 0.25) is 11.8 Å². The number of nitrogens with one attached hydrogen (secondary N) is 1. The molecule has 3 aromatic carbocycles. The number of unbranched alkanes of at least 4 members (excludes halogenated alkanes) is 1. The Morgan fingerprint density at radius 1 is 0.952 bits per heavy atom. The number of carbonyl (C=O) groups is 2. The van der Waals surface area contributed by atoms with Crippen LogP contribution in [0.2, 0.25) is 0 Å². The highest BCUT2D eigenvalue weighted by Crippen LogP contribution is 2.33. The molecule has 3 aromatic rings. The average molecular weight is 598 g/mol. The number of hydrogen-bond donors (Lipinski definition) is 1. The lowest BCUT2D eigenvalue weighted by molar-refractivity contribution is -0.140. The summed E-state index contributed by atoms with van der Waals surface area (Å²) < 4.78 is 48.6. The van der Waals surface area contributed by atoms with Crippen molar-refractivity contribution in [3.63, 3.8) is 0 Å². The molecule has 0 aliphatic carbocycles. The molecule has 0 aliphatic rings. The molecule has 0 bridgehead atoms. The van der Waals surface area contributed by atoms with E-state index < -0.39 is 34.3 Å². The number of anilines is 1. The van der Waals surface area contributed by atoms with E-state index in [9.17, 15) is 22.4 Å². The first-order valence-corrected chi connectivity index (χ1v) is 15.7. The number of para-hydroxylation sites is 2. The molecule has 42 heavy (non-hydrogen) atoms. The second-order valence-corrected chi connectivity index (χ2v) is 11.8. The number of halogens is 1. The molecular formula is C32H40FN3O5S. The van der Waals surface area contributed by atoms with Crippen LogP contribution in [0.25, 0.3) is 0 Å². The van der Waals surface area contributed by atoms with E-state index in [0.717, 1.165) is 22.7 Å². The molecule has 1 N–H and O–H groups in total. The number of carbonyl (C=O) groups excluding carboxylic acids is 2. The van der Waals surface area contributed by atoms with Crippen LogP contribution in [0.15, 0.2) is 77.7 Å². The first-order valence-electron chi connectivity index (χ1n) is 14.2. The van der Waals surface area contributed by atoms with Crippen molar-refractivity contribution in [1.82, 2.24) is 10.2 Å². The van der Waals surface area contributed by atoms with Crippen LogP contribution >= 0.6 is 0 Å². The largest absolute Gasteiger partial charge is 0.492 e. The normalized spacial score (nSPS) is 11.9. The third-order valence-corrected chi connectivity index (χ3v) is 8.58. The smallest absolute Gasteiger partial charge is 0.264 e. The summed E-state index contributed by atoms with van der Waals surface area (Å²) in [6.07, 6.45) is 1.97. The third kappa shape index (κ3) is 8.31. The number of sulfonamides is 1. The van der Waals surface area contributed by atoms with E-state index in [4.69, 9.17) is 4.74 Å². The summed E-state index contributed by atoms with van der Waals surface area (Å²) >= 11 is 0. The number of benzene rings is 3. The predicted octanol–water partition coefficient (Wildman–Crippen LogP) is 5.45. The highest BCUT2D eigenvalue weighted by Gasteiger charge is 2.34. The van der Waals surface area contributed by atoms with Gasteiger partial charge in [-0.3, -0.25) is 13.9 Å². The molecule has 0 aromatic heterocycles. The molecule has 1 atom stereocenters. The predicted molar refractivity (Wildman–Crippen MR) is 162 cm³/mol. The lowest BCUT2D eigenvalue weighted by Crippen LogP contribution is -2.52. The zero-order valence-corrected chi connectivity index (χ0v) is 25.5. The standard InChI is InChI=1S/C32H40FN3O5S/c1-5-8-21-34-32(38)28(6-2)35(22-25-15-17-26(33)18-16-25)31(37)23-36(29-11-9-10-12-30(29)41-7-3)42(39,40)27-19-13-24(4)14-20-27/h9-20,28H,5-8,21-23H2,1-4H3,(H,34,38)/t28-/m1/s1. The molecule has 0 unspecified atom stereocenters. The van der Waals surface area contributed by atoms with Crippen molar-refractivity contribution in [2.75, 3.05) is 24.0 Å². The Hall–Kier alpha value is -3.92. The molecule has 0 saturated carbocycles. The van der Waals surface area contributed by atoms with E-state index >= 15 is 0 Å². The first-order chi connectivity index (χ1) is 20.1. The van der Waals surface area contributed by atoms with Gasteiger partial charge in [-0.1, -0.05) is 62.2 Å². The molecule has 0 fully saturated rings. The third-order valence-electron chi connectivity index (χ3n) is 6.80. The lowest BCUT2D eigenvalue weighted by Gasteiger charge is -2.33. The second-order valence-electron chi connectivity index (χ2n) is 9.94. The number of rotatable bonds is 15. The Kier molecular flexibility index (Phi) is 11.9. The van der Waals surface area contributed by atoms with Crippen molar-refractivity contribution < 1.29 is 27.1 Å². The molecule has 2 amide bonds. The van der Waals surface area contributed by atoms with Gasteiger partial charge in [0.05, 0.1) is 17.2 Å². The molecule has 0 aliphatic heterocycles. The lowest BCUT2D eigenvalue weighted by atomic mass is 10.1. The summed E-state index contributed by atoms with van der Waals surface area (Å²) in [5.41, 5.74) is 1.69. The number of ether oxygens (including phenoxy) is 1. The summed E-state index contributed by atoms with van der Waals surface area (Å²) in [6.45, 7) is 7.60. The van der Waals surface area contributed by atoms with Gasteiger partial charge in [-0.05, 0) is 68.7 Å². The average Bonchev–Trinajstić information content (AvgIpc) is 2.97. The summed E-state index contributed by atoms with van der Waals surface area (Å²) in [7, 11) is -4.23. The molecule has 226 valence electrons. The van der Waals surface area contributed by atoms with Gasteiger partial charge in [-0.15, -0.1) is 0 Å². The van der Waals surface area contributed by atoms with Gasteiger partial charge in [0, 0.05) is 13.1 Å². The van der Waals surface area contributed by atoms with E-state index in [1.54, 1.807) is 62.4 Å². The minimum Gasteiger partial charge on any atom is -0.492 e.